The lowest BCUT2D eigenvalue weighted by Crippen LogP contribution is -2.73. The second-order valence-corrected chi connectivity index (χ2v) is 9.21. The Balaban J connectivity index is 1.33. The van der Waals surface area contributed by atoms with Crippen LogP contribution >= 0.6 is 0 Å². The predicted octanol–water partition coefficient (Wildman–Crippen LogP) is 3.18. The number of aliphatic hydroxyl groups is 1. The van der Waals surface area contributed by atoms with Crippen LogP contribution in [0, 0.1) is 23.6 Å². The van der Waals surface area contributed by atoms with Crippen LogP contribution < -0.4 is 0 Å². The minimum atomic E-state index is -0.409. The summed E-state index contributed by atoms with van der Waals surface area (Å²) in [4.78, 5) is 29.0. The molecule has 6 heteroatoms. The van der Waals surface area contributed by atoms with Gasteiger partial charge in [-0.25, -0.2) is 4.39 Å². The maximum Gasteiger partial charge on any atom is 0.254 e. The molecule has 3 fully saturated rings. The number of carbonyl (C=O) groups excluding carboxylic acids is 2. The Labute approximate surface area is 193 Å². The van der Waals surface area contributed by atoms with Gasteiger partial charge < -0.3 is 14.9 Å². The lowest BCUT2D eigenvalue weighted by Gasteiger charge is -2.58. The quantitative estimate of drug-likeness (QED) is 0.737. The number of carbonyl (C=O) groups is 2. The van der Waals surface area contributed by atoms with Crippen LogP contribution in [0.5, 0.6) is 0 Å². The van der Waals surface area contributed by atoms with E-state index in [0.29, 0.717) is 18.0 Å². The van der Waals surface area contributed by atoms with Crippen molar-refractivity contribution in [1.29, 1.82) is 0 Å². The molecular formula is C27H27FN2O3. The molecule has 1 aliphatic carbocycles. The van der Waals surface area contributed by atoms with Gasteiger partial charge in [-0.1, -0.05) is 36.8 Å². The van der Waals surface area contributed by atoms with E-state index < -0.39 is 5.82 Å². The summed E-state index contributed by atoms with van der Waals surface area (Å²) in [5.41, 5.74) is 2.36. The summed E-state index contributed by atoms with van der Waals surface area (Å²) in [6.45, 7) is 0.222. The molecule has 1 N–H and O–H groups in total. The Bertz CT molecular complexity index is 1100. The molecule has 2 aromatic rings. The lowest BCUT2D eigenvalue weighted by atomic mass is 9.73. The van der Waals surface area contributed by atoms with E-state index in [1.54, 1.807) is 4.90 Å². The highest BCUT2D eigenvalue weighted by atomic mass is 19.1. The Morgan fingerprint density at radius 2 is 1.76 bits per heavy atom. The van der Waals surface area contributed by atoms with E-state index in [4.69, 9.17) is 0 Å². The molecule has 0 spiro atoms. The largest absolute Gasteiger partial charge is 0.394 e. The number of piperazine rings is 1. The number of nitrogens with zero attached hydrogens (tertiary/aromatic N) is 2. The maximum atomic E-state index is 13.2. The predicted molar refractivity (Wildman–Crippen MR) is 122 cm³/mol. The number of amides is 2. The van der Waals surface area contributed by atoms with E-state index in [-0.39, 0.29) is 43.0 Å². The highest BCUT2D eigenvalue weighted by Crippen LogP contribution is 2.43. The van der Waals surface area contributed by atoms with Crippen molar-refractivity contribution in [3.8, 4) is 11.8 Å². The van der Waals surface area contributed by atoms with Crippen LogP contribution in [0.2, 0.25) is 0 Å². The van der Waals surface area contributed by atoms with E-state index >= 15 is 0 Å². The van der Waals surface area contributed by atoms with Gasteiger partial charge >= 0.3 is 0 Å². The van der Waals surface area contributed by atoms with Crippen molar-refractivity contribution < 1.29 is 19.1 Å². The molecule has 2 saturated heterocycles. The van der Waals surface area contributed by atoms with E-state index in [9.17, 15) is 19.1 Å². The normalized spacial score (nSPS) is 24.7. The standard InChI is InChI=1S/C27H27FN2O3/c28-22-13-11-21(12-14-22)27(33)29-15-23-26(24(17-31)30(23)25(32)16-29)20-9-7-19(8-10-20)6-5-18-3-1-2-4-18/h7-14,18,23-24,26,31H,1-4,15-17H2/t23-,24+,26-/m0/s1. The summed E-state index contributed by atoms with van der Waals surface area (Å²) in [6, 6.07) is 12.9. The number of rotatable bonds is 3. The first-order chi connectivity index (χ1) is 16.0. The smallest absolute Gasteiger partial charge is 0.254 e. The van der Waals surface area contributed by atoms with Crippen molar-refractivity contribution in [2.24, 2.45) is 5.92 Å². The minimum Gasteiger partial charge on any atom is -0.394 e. The molecule has 0 radical (unpaired) electrons. The Kier molecular flexibility index (Phi) is 5.90. The first-order valence-corrected chi connectivity index (χ1v) is 11.6. The van der Waals surface area contributed by atoms with Crippen molar-refractivity contribution in [1.82, 2.24) is 9.80 Å². The number of halogens is 1. The monoisotopic (exact) mass is 446 g/mol. The van der Waals surface area contributed by atoms with Crippen molar-refractivity contribution in [3.63, 3.8) is 0 Å². The number of hydrogen-bond acceptors (Lipinski definition) is 3. The molecule has 2 aromatic carbocycles. The van der Waals surface area contributed by atoms with Crippen molar-refractivity contribution in [2.75, 3.05) is 19.7 Å². The molecule has 3 aliphatic rings. The first kappa shape index (κ1) is 21.7. The molecule has 5 nitrogen and oxygen atoms in total. The molecule has 2 heterocycles. The van der Waals surface area contributed by atoms with E-state index in [1.165, 1.54) is 54.8 Å². The van der Waals surface area contributed by atoms with Crippen molar-refractivity contribution in [3.05, 3.63) is 71.0 Å². The summed E-state index contributed by atoms with van der Waals surface area (Å²) >= 11 is 0. The SMILES string of the molecule is O=C(c1ccc(F)cc1)N1CC(=O)N2[C@H](CO)[C@@H](c3ccc(C#CC4CCCC4)cc3)[C@@H]2C1. The van der Waals surface area contributed by atoms with Gasteiger partial charge in [-0.3, -0.25) is 9.59 Å². The number of aliphatic hydroxyl groups excluding tert-OH is 1. The third kappa shape index (κ3) is 4.14. The van der Waals surface area contributed by atoms with E-state index in [2.05, 4.69) is 11.8 Å². The summed E-state index contributed by atoms with van der Waals surface area (Å²) in [6.07, 6.45) is 4.90. The van der Waals surface area contributed by atoms with Crippen LogP contribution in [0.25, 0.3) is 0 Å². The zero-order valence-electron chi connectivity index (χ0n) is 18.4. The van der Waals surface area contributed by atoms with Gasteiger partial charge in [0.05, 0.1) is 18.7 Å². The molecule has 170 valence electrons. The van der Waals surface area contributed by atoms with Gasteiger partial charge in [0, 0.05) is 29.5 Å². The average molecular weight is 447 g/mol. The Hall–Kier alpha value is -3.17. The Morgan fingerprint density at radius 3 is 2.42 bits per heavy atom. The van der Waals surface area contributed by atoms with Gasteiger partial charge in [0.15, 0.2) is 0 Å². The number of fused-ring (bicyclic) bond motifs is 1. The summed E-state index contributed by atoms with van der Waals surface area (Å²) in [5, 5.41) is 9.98. The molecule has 33 heavy (non-hydrogen) atoms. The van der Waals surface area contributed by atoms with Crippen LogP contribution in [-0.4, -0.2) is 58.5 Å². The highest BCUT2D eigenvalue weighted by molar-refractivity contribution is 5.97. The zero-order chi connectivity index (χ0) is 22.9. The van der Waals surface area contributed by atoms with Gasteiger partial charge in [-0.2, -0.15) is 0 Å². The fraction of sp³-hybridized carbons (Fsp3) is 0.407. The molecule has 2 aliphatic heterocycles. The van der Waals surface area contributed by atoms with Crippen LogP contribution in [0.4, 0.5) is 4.39 Å². The lowest BCUT2D eigenvalue weighted by molar-refractivity contribution is -0.159. The molecule has 0 bridgehead atoms. The van der Waals surface area contributed by atoms with Crippen LogP contribution in [0.1, 0.15) is 53.1 Å². The zero-order valence-corrected chi connectivity index (χ0v) is 18.4. The maximum absolute atomic E-state index is 13.2. The van der Waals surface area contributed by atoms with Crippen LogP contribution in [0.3, 0.4) is 0 Å². The highest BCUT2D eigenvalue weighted by Gasteiger charge is 2.54. The number of hydrogen-bond donors (Lipinski definition) is 1. The minimum absolute atomic E-state index is 0.0361. The third-order valence-electron chi connectivity index (χ3n) is 7.20. The van der Waals surface area contributed by atoms with Gasteiger partial charge in [0.25, 0.3) is 5.91 Å². The van der Waals surface area contributed by atoms with Crippen LogP contribution in [-0.2, 0) is 4.79 Å². The van der Waals surface area contributed by atoms with Gasteiger partial charge in [-0.15, -0.1) is 0 Å². The fourth-order valence-corrected chi connectivity index (χ4v) is 5.47. The van der Waals surface area contributed by atoms with E-state index in [1.807, 2.05) is 24.3 Å². The molecule has 0 aromatic heterocycles. The van der Waals surface area contributed by atoms with Gasteiger partial charge in [0.2, 0.25) is 5.91 Å². The summed E-state index contributed by atoms with van der Waals surface area (Å²) in [7, 11) is 0. The average Bonchev–Trinajstić information content (AvgIpc) is 3.33. The molecule has 1 saturated carbocycles. The molecule has 0 unspecified atom stereocenters. The van der Waals surface area contributed by atoms with Crippen LogP contribution in [0.15, 0.2) is 48.5 Å². The molecule has 2 amide bonds. The van der Waals surface area contributed by atoms with Gasteiger partial charge in [-0.05, 0) is 54.8 Å². The second kappa shape index (κ2) is 8.99. The molecule has 3 atom stereocenters. The summed E-state index contributed by atoms with van der Waals surface area (Å²) in [5.74, 6) is 6.23. The molecular weight excluding hydrogens is 419 g/mol. The summed E-state index contributed by atoms with van der Waals surface area (Å²) < 4.78 is 13.2. The third-order valence-corrected chi connectivity index (χ3v) is 7.20. The molecule has 5 rings (SSSR count). The van der Waals surface area contributed by atoms with Gasteiger partial charge in [0.1, 0.15) is 12.4 Å². The Morgan fingerprint density at radius 1 is 1.06 bits per heavy atom. The fourth-order valence-electron chi connectivity index (χ4n) is 5.47. The van der Waals surface area contributed by atoms with Crippen molar-refractivity contribution in [2.45, 2.75) is 43.7 Å². The first-order valence-electron chi connectivity index (χ1n) is 11.6. The van der Waals surface area contributed by atoms with E-state index in [0.717, 1.165) is 11.1 Å². The second-order valence-electron chi connectivity index (χ2n) is 9.21. The number of benzene rings is 2. The topological polar surface area (TPSA) is 60.9 Å². The van der Waals surface area contributed by atoms with Crippen molar-refractivity contribution >= 4 is 11.8 Å².